The summed E-state index contributed by atoms with van der Waals surface area (Å²) in [5.74, 6) is 0.341. The van der Waals surface area contributed by atoms with Crippen LogP contribution in [0.2, 0.25) is 0 Å². The molecule has 1 aliphatic heterocycles. The predicted molar refractivity (Wildman–Crippen MR) is 137 cm³/mol. The molecule has 34 heavy (non-hydrogen) atoms. The van der Waals surface area contributed by atoms with Gasteiger partial charge in [0, 0.05) is 55.1 Å². The van der Waals surface area contributed by atoms with Crippen molar-refractivity contribution < 1.29 is 9.53 Å². The van der Waals surface area contributed by atoms with Crippen LogP contribution in [0.5, 0.6) is 5.88 Å². The molecule has 0 atom stereocenters. The number of ether oxygens (including phenoxy) is 1. The highest BCUT2D eigenvalue weighted by Crippen LogP contribution is 2.32. The molecule has 0 saturated carbocycles. The van der Waals surface area contributed by atoms with Gasteiger partial charge in [-0.2, -0.15) is 0 Å². The van der Waals surface area contributed by atoms with Gasteiger partial charge in [0.1, 0.15) is 6.61 Å². The maximum atomic E-state index is 12.0. The van der Waals surface area contributed by atoms with Gasteiger partial charge in [-0.1, -0.05) is 30.8 Å². The van der Waals surface area contributed by atoms with E-state index in [0.29, 0.717) is 12.5 Å². The number of anilines is 2. The molecule has 0 spiro atoms. The van der Waals surface area contributed by atoms with Crippen molar-refractivity contribution in [2.75, 3.05) is 23.3 Å². The van der Waals surface area contributed by atoms with Crippen LogP contribution in [0.1, 0.15) is 18.4 Å². The minimum absolute atomic E-state index is 0.219. The Balaban J connectivity index is 1.37. The molecule has 2 aromatic carbocycles. The van der Waals surface area contributed by atoms with E-state index >= 15 is 0 Å². The number of amides is 1. The van der Waals surface area contributed by atoms with Crippen LogP contribution >= 0.6 is 0 Å². The van der Waals surface area contributed by atoms with Gasteiger partial charge in [0.25, 0.3) is 0 Å². The number of para-hydroxylation sites is 1. The first kappa shape index (κ1) is 21.8. The number of pyridine rings is 1. The minimum atomic E-state index is -0.219. The Morgan fingerprint density at radius 1 is 1.15 bits per heavy atom. The molecule has 4 aromatic rings. The van der Waals surface area contributed by atoms with Crippen molar-refractivity contribution in [3.63, 3.8) is 0 Å². The van der Waals surface area contributed by atoms with Gasteiger partial charge in [0.2, 0.25) is 11.8 Å². The molecule has 3 heterocycles. The highest BCUT2D eigenvalue weighted by molar-refractivity contribution is 6.01. The Bertz CT molecular complexity index is 1350. The van der Waals surface area contributed by atoms with Gasteiger partial charge >= 0.3 is 0 Å². The van der Waals surface area contributed by atoms with Crippen molar-refractivity contribution >= 4 is 28.2 Å². The topological polar surface area (TPSA) is 59.4 Å². The summed E-state index contributed by atoms with van der Waals surface area (Å²) in [6, 6.07) is 18.4. The lowest BCUT2D eigenvalue weighted by molar-refractivity contribution is -0.111. The van der Waals surface area contributed by atoms with Gasteiger partial charge in [-0.05, 0) is 54.3 Å². The molecule has 0 aliphatic carbocycles. The monoisotopic (exact) mass is 452 g/mol. The molecule has 2 aromatic heterocycles. The first-order chi connectivity index (χ1) is 16.6. The smallest absolute Gasteiger partial charge is 0.247 e. The molecule has 1 saturated heterocycles. The predicted octanol–water partition coefficient (Wildman–Crippen LogP) is 5.54. The highest BCUT2D eigenvalue weighted by Gasteiger charge is 2.17. The van der Waals surface area contributed by atoms with Crippen LogP contribution in [0.3, 0.4) is 0 Å². The molecule has 0 unspecified atom stereocenters. The first-order valence-corrected chi connectivity index (χ1v) is 11.6. The molecule has 1 N–H and O–H groups in total. The lowest BCUT2D eigenvalue weighted by Gasteiger charge is -2.22. The quantitative estimate of drug-likeness (QED) is 0.374. The number of nitrogens with zero attached hydrogens (tertiary/aromatic N) is 3. The maximum Gasteiger partial charge on any atom is 0.247 e. The zero-order valence-electron chi connectivity index (χ0n) is 19.3. The van der Waals surface area contributed by atoms with Crippen molar-refractivity contribution in [1.29, 1.82) is 0 Å². The van der Waals surface area contributed by atoms with E-state index in [-0.39, 0.29) is 5.91 Å². The summed E-state index contributed by atoms with van der Waals surface area (Å²) in [6.07, 6.45) is 7.53. The second kappa shape index (κ2) is 9.43. The van der Waals surface area contributed by atoms with E-state index in [1.807, 2.05) is 30.3 Å². The zero-order valence-corrected chi connectivity index (χ0v) is 19.3. The maximum absolute atomic E-state index is 12.0. The van der Waals surface area contributed by atoms with Crippen molar-refractivity contribution in [2.45, 2.75) is 19.4 Å². The number of aryl methyl sites for hydroxylation is 1. The van der Waals surface area contributed by atoms with Crippen molar-refractivity contribution in [1.82, 2.24) is 9.55 Å². The minimum Gasteiger partial charge on any atom is -0.473 e. The van der Waals surface area contributed by atoms with Crippen LogP contribution in [-0.2, 0) is 18.4 Å². The first-order valence-electron chi connectivity index (χ1n) is 11.6. The number of nitrogens with one attached hydrogen (secondary N) is 1. The summed E-state index contributed by atoms with van der Waals surface area (Å²) in [5.41, 5.74) is 6.17. The average molecular weight is 453 g/mol. The lowest BCUT2D eigenvalue weighted by atomic mass is 10.1. The fourth-order valence-electron chi connectivity index (χ4n) is 4.58. The molecule has 1 fully saturated rings. The number of carbonyl (C=O) groups excluding carboxylic acids is 1. The van der Waals surface area contributed by atoms with Gasteiger partial charge in [-0.15, -0.1) is 0 Å². The Labute approximate surface area is 199 Å². The summed E-state index contributed by atoms with van der Waals surface area (Å²) in [6.45, 7) is 5.92. The molecule has 0 bridgehead atoms. The number of rotatable bonds is 7. The molecular formula is C28H28N4O2. The van der Waals surface area contributed by atoms with Gasteiger partial charge in [0.05, 0.1) is 11.4 Å². The van der Waals surface area contributed by atoms with Gasteiger partial charge in [0.15, 0.2) is 0 Å². The largest absolute Gasteiger partial charge is 0.473 e. The molecule has 1 amide bonds. The molecule has 1 aliphatic rings. The van der Waals surface area contributed by atoms with Crippen LogP contribution < -0.4 is 15.0 Å². The van der Waals surface area contributed by atoms with E-state index in [2.05, 4.69) is 63.9 Å². The third-order valence-corrected chi connectivity index (χ3v) is 6.28. The third kappa shape index (κ3) is 4.39. The summed E-state index contributed by atoms with van der Waals surface area (Å²) >= 11 is 0. The zero-order chi connectivity index (χ0) is 23.5. The summed E-state index contributed by atoms with van der Waals surface area (Å²) in [4.78, 5) is 18.7. The highest BCUT2D eigenvalue weighted by atomic mass is 16.5. The van der Waals surface area contributed by atoms with Crippen molar-refractivity contribution in [3.8, 4) is 17.0 Å². The number of fused-ring (bicyclic) bond motifs is 1. The number of benzene rings is 2. The molecule has 6 heteroatoms. The normalized spacial score (nSPS) is 13.3. The number of hydrogen-bond donors (Lipinski definition) is 1. The van der Waals surface area contributed by atoms with E-state index in [4.69, 9.17) is 4.74 Å². The SMILES string of the molecule is C=CC(=O)Nc1cc(COc2cc(-c3cn(C)c4ccccc34)ccn2)ccc1N1CCCC1. The van der Waals surface area contributed by atoms with Crippen molar-refractivity contribution in [2.24, 2.45) is 7.05 Å². The molecule has 5 rings (SSSR count). The lowest BCUT2D eigenvalue weighted by Crippen LogP contribution is -2.20. The van der Waals surface area contributed by atoms with E-state index < -0.39 is 0 Å². The Kier molecular flexibility index (Phi) is 6.04. The average Bonchev–Trinajstić information content (AvgIpc) is 3.52. The molecular weight excluding hydrogens is 424 g/mol. The molecule has 6 nitrogen and oxygen atoms in total. The number of carbonyl (C=O) groups is 1. The van der Waals surface area contributed by atoms with E-state index in [1.165, 1.54) is 29.8 Å². The summed E-state index contributed by atoms with van der Waals surface area (Å²) < 4.78 is 8.19. The van der Waals surface area contributed by atoms with E-state index in [9.17, 15) is 4.79 Å². The number of hydrogen-bond acceptors (Lipinski definition) is 4. The summed E-state index contributed by atoms with van der Waals surface area (Å²) in [7, 11) is 2.05. The van der Waals surface area contributed by atoms with Crippen LogP contribution in [0.4, 0.5) is 11.4 Å². The second-order valence-electron chi connectivity index (χ2n) is 8.58. The van der Waals surface area contributed by atoms with Gasteiger partial charge in [-0.3, -0.25) is 4.79 Å². The second-order valence-corrected chi connectivity index (χ2v) is 8.58. The third-order valence-electron chi connectivity index (χ3n) is 6.28. The Hall–Kier alpha value is -4.06. The van der Waals surface area contributed by atoms with E-state index in [0.717, 1.165) is 41.2 Å². The fourth-order valence-corrected chi connectivity index (χ4v) is 4.58. The van der Waals surface area contributed by atoms with E-state index in [1.54, 1.807) is 6.20 Å². The Morgan fingerprint density at radius 3 is 2.79 bits per heavy atom. The van der Waals surface area contributed by atoms with Gasteiger partial charge in [-0.25, -0.2) is 4.98 Å². The molecule has 0 radical (unpaired) electrons. The fraction of sp³-hybridized carbons (Fsp3) is 0.214. The van der Waals surface area contributed by atoms with Crippen LogP contribution in [-0.4, -0.2) is 28.5 Å². The van der Waals surface area contributed by atoms with Crippen LogP contribution in [0.25, 0.3) is 22.0 Å². The van der Waals surface area contributed by atoms with Crippen LogP contribution in [0.15, 0.2) is 79.6 Å². The van der Waals surface area contributed by atoms with Crippen LogP contribution in [0, 0.1) is 0 Å². The summed E-state index contributed by atoms with van der Waals surface area (Å²) in [5, 5.41) is 4.15. The van der Waals surface area contributed by atoms with Crippen molar-refractivity contribution in [3.05, 3.63) is 85.2 Å². The molecule has 172 valence electrons. The number of aromatic nitrogens is 2. The Morgan fingerprint density at radius 2 is 1.97 bits per heavy atom. The van der Waals surface area contributed by atoms with Gasteiger partial charge < -0.3 is 19.5 Å². The standard InChI is InChI=1S/C28H28N4O2/c1-3-27(33)30-24-16-20(10-11-26(24)32-14-6-7-15-32)19-34-28-17-21(12-13-29-28)23-18-31(2)25-9-5-4-8-22(23)25/h3-5,8-13,16-18H,1,6-7,14-15,19H2,2H3,(H,30,33).